The summed E-state index contributed by atoms with van der Waals surface area (Å²) in [5.41, 5.74) is 6.92. The van der Waals surface area contributed by atoms with Crippen molar-refractivity contribution in [2.75, 3.05) is 0 Å². The first-order valence-corrected chi connectivity index (χ1v) is 12.6. The maximum Gasteiger partial charge on any atom is 0.134 e. The number of nitriles is 1. The van der Waals surface area contributed by atoms with E-state index in [0.29, 0.717) is 11.3 Å². The SMILES string of the molecule is Cc1cc(C=Nc2sc3c(c2C#N)CC[C@H](C(C)(C)C)C3)c(C)n1-c1ccc(I)cc1. The van der Waals surface area contributed by atoms with Crippen LogP contribution >= 0.6 is 33.9 Å². The third-order valence-electron chi connectivity index (χ3n) is 6.46. The number of rotatable bonds is 3. The lowest BCUT2D eigenvalue weighted by molar-refractivity contribution is 0.218. The van der Waals surface area contributed by atoms with Gasteiger partial charge >= 0.3 is 0 Å². The van der Waals surface area contributed by atoms with Crippen molar-refractivity contribution in [1.82, 2.24) is 4.57 Å². The van der Waals surface area contributed by atoms with E-state index in [0.717, 1.165) is 46.8 Å². The average Bonchev–Trinajstić information content (AvgIpc) is 3.22. The fourth-order valence-electron chi connectivity index (χ4n) is 4.55. The molecule has 0 aliphatic heterocycles. The second-order valence-electron chi connectivity index (χ2n) is 9.50. The molecule has 1 atom stereocenters. The lowest BCUT2D eigenvalue weighted by Gasteiger charge is -2.33. The summed E-state index contributed by atoms with van der Waals surface area (Å²) < 4.78 is 3.49. The zero-order valence-electron chi connectivity index (χ0n) is 18.8. The highest BCUT2D eigenvalue weighted by molar-refractivity contribution is 14.1. The van der Waals surface area contributed by atoms with E-state index in [9.17, 15) is 5.26 Å². The number of aliphatic imine (C=N–C) groups is 1. The second-order valence-corrected chi connectivity index (χ2v) is 11.8. The molecule has 0 fully saturated rings. The molecule has 2 aromatic heterocycles. The predicted octanol–water partition coefficient (Wildman–Crippen LogP) is 7.53. The lowest BCUT2D eigenvalue weighted by Crippen LogP contribution is -2.26. The number of aromatic nitrogens is 1. The van der Waals surface area contributed by atoms with Crippen LogP contribution in [0, 0.1) is 40.1 Å². The molecule has 0 saturated carbocycles. The van der Waals surface area contributed by atoms with Gasteiger partial charge in [-0.2, -0.15) is 5.26 Å². The number of nitrogens with zero attached hydrogens (tertiary/aromatic N) is 3. The van der Waals surface area contributed by atoms with E-state index in [1.807, 2.05) is 6.21 Å². The molecule has 3 nitrogen and oxygen atoms in total. The maximum atomic E-state index is 9.84. The van der Waals surface area contributed by atoms with Crippen molar-refractivity contribution < 1.29 is 0 Å². The molecule has 0 radical (unpaired) electrons. The molecule has 0 amide bonds. The fourth-order valence-corrected chi connectivity index (χ4v) is 6.13. The van der Waals surface area contributed by atoms with Gasteiger partial charge in [-0.05, 0) is 103 Å². The van der Waals surface area contributed by atoms with Crippen LogP contribution in [0.5, 0.6) is 0 Å². The molecule has 0 spiro atoms. The van der Waals surface area contributed by atoms with Crippen molar-refractivity contribution in [3.8, 4) is 11.8 Å². The van der Waals surface area contributed by atoms with Gasteiger partial charge in [0.1, 0.15) is 11.1 Å². The normalized spacial score (nSPS) is 16.5. The van der Waals surface area contributed by atoms with Crippen LogP contribution < -0.4 is 0 Å². The first-order valence-electron chi connectivity index (χ1n) is 10.7. The molecule has 0 unspecified atom stereocenters. The molecule has 31 heavy (non-hydrogen) atoms. The molecule has 0 saturated heterocycles. The standard InChI is InChI=1S/C26H28IN3S/c1-16-12-18(17(2)30(16)21-9-7-20(27)8-10-21)15-29-25-23(14-28)22-11-6-19(26(3,4)5)13-24(22)31-25/h7-10,12,15,19H,6,11,13H2,1-5H3/t19-/m0/s1. The van der Waals surface area contributed by atoms with Crippen molar-refractivity contribution in [2.24, 2.45) is 16.3 Å². The first kappa shape index (κ1) is 22.3. The second kappa shape index (κ2) is 8.55. The summed E-state index contributed by atoms with van der Waals surface area (Å²) in [4.78, 5) is 6.18. The van der Waals surface area contributed by atoms with Crippen molar-refractivity contribution in [1.29, 1.82) is 5.26 Å². The smallest absolute Gasteiger partial charge is 0.134 e. The molecule has 1 aliphatic carbocycles. The van der Waals surface area contributed by atoms with Gasteiger partial charge in [0.05, 0.1) is 5.56 Å². The Kier molecular flexibility index (Phi) is 6.15. The van der Waals surface area contributed by atoms with E-state index in [1.165, 1.54) is 19.7 Å². The van der Waals surface area contributed by atoms with Crippen LogP contribution in [-0.4, -0.2) is 10.8 Å². The Hall–Kier alpha value is -1.91. The number of halogens is 1. The Balaban J connectivity index is 1.66. The predicted molar refractivity (Wildman–Crippen MR) is 139 cm³/mol. The number of hydrogen-bond acceptors (Lipinski definition) is 3. The Morgan fingerprint density at radius 2 is 1.94 bits per heavy atom. The largest absolute Gasteiger partial charge is 0.318 e. The minimum Gasteiger partial charge on any atom is -0.318 e. The molecule has 0 bridgehead atoms. The van der Waals surface area contributed by atoms with Gasteiger partial charge in [-0.3, -0.25) is 0 Å². The highest BCUT2D eigenvalue weighted by Gasteiger charge is 2.32. The van der Waals surface area contributed by atoms with Gasteiger partial charge in [-0.25, -0.2) is 4.99 Å². The fraction of sp³-hybridized carbons (Fsp3) is 0.385. The van der Waals surface area contributed by atoms with Crippen molar-refractivity contribution in [3.05, 3.63) is 66.9 Å². The maximum absolute atomic E-state index is 9.84. The van der Waals surface area contributed by atoms with Gasteiger partial charge in [0.25, 0.3) is 0 Å². The van der Waals surface area contributed by atoms with Crippen molar-refractivity contribution >= 4 is 45.1 Å². The molecule has 0 N–H and O–H groups in total. The molecular formula is C26H28IN3S. The van der Waals surface area contributed by atoms with Crippen molar-refractivity contribution in [2.45, 2.75) is 53.9 Å². The number of hydrogen-bond donors (Lipinski definition) is 0. The highest BCUT2D eigenvalue weighted by Crippen LogP contribution is 2.44. The summed E-state index contributed by atoms with van der Waals surface area (Å²) >= 11 is 4.04. The number of aryl methyl sites for hydroxylation is 1. The number of benzene rings is 1. The average molecular weight is 542 g/mol. The van der Waals surface area contributed by atoms with E-state index in [4.69, 9.17) is 4.99 Å². The van der Waals surface area contributed by atoms with Crippen LogP contribution in [0.2, 0.25) is 0 Å². The summed E-state index contributed by atoms with van der Waals surface area (Å²) in [6.45, 7) is 11.2. The summed E-state index contributed by atoms with van der Waals surface area (Å²) in [7, 11) is 0. The van der Waals surface area contributed by atoms with E-state index in [-0.39, 0.29) is 0 Å². The molecule has 1 aliphatic rings. The summed E-state index contributed by atoms with van der Waals surface area (Å²) in [6, 6.07) is 13.2. The van der Waals surface area contributed by atoms with Crippen LogP contribution in [0.25, 0.3) is 5.69 Å². The third kappa shape index (κ3) is 4.38. The lowest BCUT2D eigenvalue weighted by atomic mass is 9.72. The number of fused-ring (bicyclic) bond motifs is 1. The third-order valence-corrected chi connectivity index (χ3v) is 8.34. The first-order chi connectivity index (χ1) is 14.7. The topological polar surface area (TPSA) is 41.1 Å². The van der Waals surface area contributed by atoms with E-state index >= 15 is 0 Å². The van der Waals surface area contributed by atoms with Gasteiger partial charge in [-0.15, -0.1) is 11.3 Å². The van der Waals surface area contributed by atoms with Crippen LogP contribution in [0.15, 0.2) is 35.3 Å². The van der Waals surface area contributed by atoms with Gasteiger partial charge in [0.15, 0.2) is 0 Å². The van der Waals surface area contributed by atoms with Gasteiger partial charge in [0.2, 0.25) is 0 Å². The summed E-state index contributed by atoms with van der Waals surface area (Å²) in [6.07, 6.45) is 5.15. The van der Waals surface area contributed by atoms with Gasteiger partial charge < -0.3 is 4.57 Å². The Labute approximate surface area is 203 Å². The monoisotopic (exact) mass is 541 g/mol. The Bertz CT molecular complexity index is 1180. The van der Waals surface area contributed by atoms with Crippen LogP contribution in [-0.2, 0) is 12.8 Å². The minimum absolute atomic E-state index is 0.297. The summed E-state index contributed by atoms with van der Waals surface area (Å²) in [5, 5.41) is 10.7. The molecule has 1 aromatic carbocycles. The van der Waals surface area contributed by atoms with Crippen LogP contribution in [0.1, 0.15) is 60.1 Å². The zero-order chi connectivity index (χ0) is 22.3. The molecule has 2 heterocycles. The van der Waals surface area contributed by atoms with E-state index in [1.54, 1.807) is 11.3 Å². The molecule has 4 rings (SSSR count). The van der Waals surface area contributed by atoms with Gasteiger partial charge in [-0.1, -0.05) is 20.8 Å². The van der Waals surface area contributed by atoms with Crippen LogP contribution in [0.4, 0.5) is 5.00 Å². The molecular weight excluding hydrogens is 513 g/mol. The van der Waals surface area contributed by atoms with E-state index in [2.05, 4.69) is 98.2 Å². The Morgan fingerprint density at radius 1 is 1.23 bits per heavy atom. The summed E-state index contributed by atoms with van der Waals surface area (Å²) in [5.74, 6) is 0.662. The van der Waals surface area contributed by atoms with Gasteiger partial charge in [0, 0.05) is 37.3 Å². The van der Waals surface area contributed by atoms with Crippen molar-refractivity contribution in [3.63, 3.8) is 0 Å². The quantitative estimate of drug-likeness (QED) is 0.250. The zero-order valence-corrected chi connectivity index (χ0v) is 21.8. The highest BCUT2D eigenvalue weighted by atomic mass is 127. The van der Waals surface area contributed by atoms with Crippen LogP contribution in [0.3, 0.4) is 0 Å². The minimum atomic E-state index is 0.297. The molecule has 5 heteroatoms. The molecule has 160 valence electrons. The number of thiophene rings is 1. The van der Waals surface area contributed by atoms with E-state index < -0.39 is 0 Å². The Morgan fingerprint density at radius 3 is 2.58 bits per heavy atom. The molecule has 3 aromatic rings.